The van der Waals surface area contributed by atoms with Crippen molar-refractivity contribution in [2.75, 3.05) is 0 Å². The maximum atomic E-state index is 12.5. The molecule has 1 aromatic carbocycles. The lowest BCUT2D eigenvalue weighted by molar-refractivity contribution is -0.126. The van der Waals surface area contributed by atoms with Crippen LogP contribution in [-0.2, 0) is 4.79 Å². The molecule has 0 heterocycles. The van der Waals surface area contributed by atoms with Crippen LogP contribution in [0.5, 0.6) is 0 Å². The first kappa shape index (κ1) is 11.9. The molecule has 0 aromatic heterocycles. The first-order chi connectivity index (χ1) is 8.71. The molecule has 2 saturated carbocycles. The molecule has 2 fully saturated rings. The lowest BCUT2D eigenvalue weighted by atomic mass is 9.77. The predicted octanol–water partition coefficient (Wildman–Crippen LogP) is 3.02. The van der Waals surface area contributed by atoms with Crippen LogP contribution in [0.3, 0.4) is 0 Å². The predicted molar refractivity (Wildman–Crippen MR) is 72.3 cm³/mol. The minimum Gasteiger partial charge on any atom is -0.319 e. The number of nitrogens with two attached hydrogens (primary N) is 1. The van der Waals surface area contributed by atoms with Gasteiger partial charge in [-0.3, -0.25) is 4.79 Å². The summed E-state index contributed by atoms with van der Waals surface area (Å²) in [6.45, 7) is 0. The SMILES string of the molecule is NC1(C(=O)C2CC2c2ccccc2)CCCCC1. The Morgan fingerprint density at radius 2 is 1.78 bits per heavy atom. The van der Waals surface area contributed by atoms with E-state index in [4.69, 9.17) is 5.73 Å². The first-order valence-corrected chi connectivity index (χ1v) is 7.09. The number of carbonyl (C=O) groups excluding carboxylic acids is 1. The van der Waals surface area contributed by atoms with Crippen LogP contribution < -0.4 is 5.73 Å². The summed E-state index contributed by atoms with van der Waals surface area (Å²) in [6, 6.07) is 10.4. The topological polar surface area (TPSA) is 43.1 Å². The molecule has 0 saturated heterocycles. The number of hydrogen-bond acceptors (Lipinski definition) is 2. The number of carbonyl (C=O) groups is 1. The monoisotopic (exact) mass is 243 g/mol. The van der Waals surface area contributed by atoms with Crippen LogP contribution in [0, 0.1) is 5.92 Å². The number of hydrogen-bond donors (Lipinski definition) is 1. The van der Waals surface area contributed by atoms with E-state index in [1.165, 1.54) is 12.0 Å². The average Bonchev–Trinajstić information content (AvgIpc) is 3.20. The largest absolute Gasteiger partial charge is 0.319 e. The van der Waals surface area contributed by atoms with E-state index in [-0.39, 0.29) is 5.92 Å². The molecule has 2 nitrogen and oxygen atoms in total. The van der Waals surface area contributed by atoms with Gasteiger partial charge < -0.3 is 5.73 Å². The van der Waals surface area contributed by atoms with E-state index in [0.717, 1.165) is 32.1 Å². The molecule has 2 aliphatic carbocycles. The van der Waals surface area contributed by atoms with Crippen LogP contribution in [0.1, 0.15) is 50.0 Å². The van der Waals surface area contributed by atoms with Crippen molar-refractivity contribution in [3.05, 3.63) is 35.9 Å². The summed E-state index contributed by atoms with van der Waals surface area (Å²) in [5.41, 5.74) is 7.13. The minimum absolute atomic E-state index is 0.190. The third kappa shape index (κ3) is 2.10. The molecule has 2 aliphatic rings. The Bertz CT molecular complexity index is 434. The van der Waals surface area contributed by atoms with Crippen LogP contribution in [-0.4, -0.2) is 11.3 Å². The van der Waals surface area contributed by atoms with Gasteiger partial charge in [-0.25, -0.2) is 0 Å². The highest BCUT2D eigenvalue weighted by atomic mass is 16.1. The van der Waals surface area contributed by atoms with Gasteiger partial charge in [0.25, 0.3) is 0 Å². The zero-order valence-electron chi connectivity index (χ0n) is 10.8. The Balaban J connectivity index is 1.69. The van der Waals surface area contributed by atoms with Crippen molar-refractivity contribution in [3.8, 4) is 0 Å². The minimum atomic E-state index is -0.507. The molecule has 2 unspecified atom stereocenters. The third-order valence-electron chi connectivity index (χ3n) is 4.59. The quantitative estimate of drug-likeness (QED) is 0.886. The summed E-state index contributed by atoms with van der Waals surface area (Å²) in [4.78, 5) is 12.5. The van der Waals surface area contributed by atoms with Gasteiger partial charge in [0, 0.05) is 5.92 Å². The van der Waals surface area contributed by atoms with Crippen molar-refractivity contribution in [1.29, 1.82) is 0 Å². The second kappa shape index (κ2) is 4.51. The van der Waals surface area contributed by atoms with Crippen molar-refractivity contribution in [3.63, 3.8) is 0 Å². The van der Waals surface area contributed by atoms with E-state index < -0.39 is 5.54 Å². The Labute approximate surface area is 109 Å². The van der Waals surface area contributed by atoms with Crippen molar-refractivity contribution in [2.45, 2.75) is 50.0 Å². The van der Waals surface area contributed by atoms with Crippen LogP contribution in [0.25, 0.3) is 0 Å². The average molecular weight is 243 g/mol. The lowest BCUT2D eigenvalue weighted by Gasteiger charge is -2.32. The van der Waals surface area contributed by atoms with Crippen LogP contribution in [0.4, 0.5) is 0 Å². The number of rotatable bonds is 3. The van der Waals surface area contributed by atoms with Crippen molar-refractivity contribution in [1.82, 2.24) is 0 Å². The van der Waals surface area contributed by atoms with Crippen LogP contribution in [0.15, 0.2) is 30.3 Å². The number of benzene rings is 1. The summed E-state index contributed by atoms with van der Waals surface area (Å²) >= 11 is 0. The Hall–Kier alpha value is -1.15. The molecule has 2 N–H and O–H groups in total. The third-order valence-corrected chi connectivity index (χ3v) is 4.59. The van der Waals surface area contributed by atoms with Gasteiger partial charge in [-0.15, -0.1) is 0 Å². The molecule has 0 bridgehead atoms. The van der Waals surface area contributed by atoms with Crippen molar-refractivity contribution < 1.29 is 4.79 Å². The highest BCUT2D eigenvalue weighted by Crippen LogP contribution is 2.50. The van der Waals surface area contributed by atoms with E-state index >= 15 is 0 Å². The Morgan fingerprint density at radius 1 is 1.11 bits per heavy atom. The summed E-state index contributed by atoms with van der Waals surface area (Å²) in [5.74, 6) is 0.951. The van der Waals surface area contributed by atoms with Gasteiger partial charge in [0.2, 0.25) is 0 Å². The molecule has 0 radical (unpaired) electrons. The van der Waals surface area contributed by atoms with Gasteiger partial charge in [-0.1, -0.05) is 49.6 Å². The van der Waals surface area contributed by atoms with E-state index in [2.05, 4.69) is 12.1 Å². The fourth-order valence-corrected chi connectivity index (χ4v) is 3.35. The van der Waals surface area contributed by atoms with Crippen LogP contribution in [0.2, 0.25) is 0 Å². The maximum absolute atomic E-state index is 12.5. The van der Waals surface area contributed by atoms with Gasteiger partial charge in [-0.05, 0) is 30.7 Å². The number of Topliss-reactive ketones (excluding diaryl/α,β-unsaturated/α-hetero) is 1. The molecular weight excluding hydrogens is 222 g/mol. The summed E-state index contributed by atoms with van der Waals surface area (Å²) in [5, 5.41) is 0. The van der Waals surface area contributed by atoms with E-state index in [0.29, 0.717) is 11.7 Å². The van der Waals surface area contributed by atoms with Crippen LogP contribution >= 0.6 is 0 Å². The second-order valence-electron chi connectivity index (χ2n) is 5.94. The molecule has 2 heteroatoms. The fourth-order valence-electron chi connectivity index (χ4n) is 3.35. The van der Waals surface area contributed by atoms with Crippen molar-refractivity contribution in [2.24, 2.45) is 11.7 Å². The van der Waals surface area contributed by atoms with E-state index in [9.17, 15) is 4.79 Å². The standard InChI is InChI=1S/C16H21NO/c17-16(9-5-2-6-10-16)15(18)14-11-13(14)12-7-3-1-4-8-12/h1,3-4,7-8,13-14H,2,5-6,9-11,17H2. The second-order valence-corrected chi connectivity index (χ2v) is 5.94. The highest BCUT2D eigenvalue weighted by Gasteiger charge is 2.50. The Morgan fingerprint density at radius 3 is 2.44 bits per heavy atom. The molecule has 3 rings (SSSR count). The summed E-state index contributed by atoms with van der Waals surface area (Å²) < 4.78 is 0. The molecular formula is C16H21NO. The fraction of sp³-hybridized carbons (Fsp3) is 0.562. The lowest BCUT2D eigenvalue weighted by Crippen LogP contribution is -2.50. The van der Waals surface area contributed by atoms with E-state index in [1.807, 2.05) is 18.2 Å². The highest BCUT2D eigenvalue weighted by molar-refractivity contribution is 5.93. The zero-order valence-corrected chi connectivity index (χ0v) is 10.8. The molecule has 0 aliphatic heterocycles. The normalized spacial score (nSPS) is 29.8. The van der Waals surface area contributed by atoms with E-state index in [1.54, 1.807) is 0 Å². The van der Waals surface area contributed by atoms with Gasteiger partial charge in [0.15, 0.2) is 5.78 Å². The summed E-state index contributed by atoms with van der Waals surface area (Å²) in [7, 11) is 0. The van der Waals surface area contributed by atoms with Crippen molar-refractivity contribution >= 4 is 5.78 Å². The smallest absolute Gasteiger partial charge is 0.156 e. The Kier molecular flexibility index (Phi) is 2.98. The molecule has 0 spiro atoms. The van der Waals surface area contributed by atoms with Gasteiger partial charge >= 0.3 is 0 Å². The van der Waals surface area contributed by atoms with Gasteiger partial charge in [0.1, 0.15) is 0 Å². The zero-order chi connectivity index (χ0) is 12.6. The van der Waals surface area contributed by atoms with Gasteiger partial charge in [-0.2, -0.15) is 0 Å². The summed E-state index contributed by atoms with van der Waals surface area (Å²) in [6.07, 6.45) is 6.25. The number of ketones is 1. The maximum Gasteiger partial charge on any atom is 0.156 e. The molecule has 1 aromatic rings. The molecule has 18 heavy (non-hydrogen) atoms. The molecule has 96 valence electrons. The molecule has 0 amide bonds. The van der Waals surface area contributed by atoms with Gasteiger partial charge in [0.05, 0.1) is 5.54 Å². The molecule has 2 atom stereocenters. The first-order valence-electron chi connectivity index (χ1n) is 7.09.